The fraction of sp³-hybridized carbons (Fsp3) is 0.294. The zero-order chi connectivity index (χ0) is 14.5. The van der Waals surface area contributed by atoms with E-state index in [4.69, 9.17) is 0 Å². The second-order valence-electron chi connectivity index (χ2n) is 5.06. The Morgan fingerprint density at radius 3 is 2.00 bits per heavy atom. The van der Waals surface area contributed by atoms with Crippen LogP contribution in [0.3, 0.4) is 0 Å². The lowest BCUT2D eigenvalue weighted by molar-refractivity contribution is 0.151. The predicted molar refractivity (Wildman–Crippen MR) is 77.8 cm³/mol. The molecule has 106 valence electrons. The molecule has 1 nitrogen and oxygen atoms in total. The highest BCUT2D eigenvalue weighted by molar-refractivity contribution is 5.25. The fourth-order valence-electron chi connectivity index (χ4n) is 2.02. The number of halogens is 2. The van der Waals surface area contributed by atoms with Gasteiger partial charge in [0.25, 0.3) is 6.43 Å². The number of alkyl halides is 2. The van der Waals surface area contributed by atoms with Crippen LogP contribution in [-0.2, 0) is 6.54 Å². The second-order valence-corrected chi connectivity index (χ2v) is 5.06. The smallest absolute Gasteiger partial charge is 0.263 e. The largest absolute Gasteiger partial charge is 0.306 e. The van der Waals surface area contributed by atoms with E-state index in [-0.39, 0.29) is 11.6 Å². The van der Waals surface area contributed by atoms with Crippen molar-refractivity contribution >= 4 is 0 Å². The minimum atomic E-state index is -2.40. The minimum absolute atomic E-state index is 0.0698. The van der Waals surface area contributed by atoms with Gasteiger partial charge in [0.1, 0.15) is 0 Å². The first-order chi connectivity index (χ1) is 9.56. The van der Waals surface area contributed by atoms with Gasteiger partial charge in [0.05, 0.1) is 0 Å². The van der Waals surface area contributed by atoms with Crippen molar-refractivity contribution in [2.75, 3.05) is 0 Å². The van der Waals surface area contributed by atoms with E-state index in [9.17, 15) is 8.78 Å². The molecule has 2 aromatic rings. The van der Waals surface area contributed by atoms with E-state index >= 15 is 0 Å². The Bertz CT molecular complexity index is 532. The van der Waals surface area contributed by atoms with Gasteiger partial charge in [-0.15, -0.1) is 0 Å². The number of nitrogens with one attached hydrogen (secondary N) is 1. The van der Waals surface area contributed by atoms with Gasteiger partial charge in [-0.3, -0.25) is 0 Å². The van der Waals surface area contributed by atoms with E-state index in [1.807, 2.05) is 0 Å². The third kappa shape index (κ3) is 3.87. The van der Waals surface area contributed by atoms with Gasteiger partial charge in [0.15, 0.2) is 0 Å². The Kier molecular flexibility index (Phi) is 4.85. The van der Waals surface area contributed by atoms with Crippen molar-refractivity contribution in [2.45, 2.75) is 32.9 Å². The zero-order valence-electron chi connectivity index (χ0n) is 11.7. The van der Waals surface area contributed by atoms with Crippen molar-refractivity contribution in [3.05, 3.63) is 70.8 Å². The number of rotatable bonds is 5. The summed E-state index contributed by atoms with van der Waals surface area (Å²) in [5.74, 6) is 0. The van der Waals surface area contributed by atoms with Crippen LogP contribution in [-0.4, -0.2) is 0 Å². The summed E-state index contributed by atoms with van der Waals surface area (Å²) in [5.41, 5.74) is 3.54. The molecule has 0 aliphatic carbocycles. The number of benzene rings is 2. The number of hydrogen-bond acceptors (Lipinski definition) is 1. The average Bonchev–Trinajstić information content (AvgIpc) is 2.46. The molecule has 0 aliphatic rings. The van der Waals surface area contributed by atoms with E-state index in [1.165, 1.54) is 23.3 Å². The third-order valence-electron chi connectivity index (χ3n) is 3.42. The van der Waals surface area contributed by atoms with Gasteiger partial charge in [0.2, 0.25) is 0 Å². The summed E-state index contributed by atoms with van der Waals surface area (Å²) in [6.07, 6.45) is -2.40. The summed E-state index contributed by atoms with van der Waals surface area (Å²) >= 11 is 0. The maximum absolute atomic E-state index is 12.5. The van der Waals surface area contributed by atoms with E-state index in [1.54, 1.807) is 12.1 Å². The zero-order valence-corrected chi connectivity index (χ0v) is 11.7. The van der Waals surface area contributed by atoms with E-state index in [0.717, 1.165) is 5.56 Å². The summed E-state index contributed by atoms with van der Waals surface area (Å²) in [5, 5.41) is 3.40. The summed E-state index contributed by atoms with van der Waals surface area (Å²) in [7, 11) is 0. The molecular weight excluding hydrogens is 256 g/mol. The molecule has 0 spiro atoms. The summed E-state index contributed by atoms with van der Waals surface area (Å²) in [4.78, 5) is 0. The average molecular weight is 275 g/mol. The highest BCUT2D eigenvalue weighted by Crippen LogP contribution is 2.19. The van der Waals surface area contributed by atoms with Crippen molar-refractivity contribution in [1.82, 2.24) is 5.32 Å². The molecule has 0 bridgehead atoms. The van der Waals surface area contributed by atoms with Gasteiger partial charge < -0.3 is 5.32 Å². The lowest BCUT2D eigenvalue weighted by Gasteiger charge is -2.14. The standard InChI is InChI=1S/C17H19F2N/c1-12-3-7-15(8-4-12)13(2)20-11-14-5-9-16(10-6-14)17(18)19/h3-10,13,17,20H,11H2,1-2H3. The second kappa shape index (κ2) is 6.62. The van der Waals surface area contributed by atoms with Crippen LogP contribution in [0.5, 0.6) is 0 Å². The van der Waals surface area contributed by atoms with Crippen LogP contribution in [0.15, 0.2) is 48.5 Å². The quantitative estimate of drug-likeness (QED) is 0.827. The van der Waals surface area contributed by atoms with Gasteiger partial charge in [-0.2, -0.15) is 0 Å². The molecule has 0 amide bonds. The predicted octanol–water partition coefficient (Wildman–Crippen LogP) is 4.78. The van der Waals surface area contributed by atoms with Crippen molar-refractivity contribution in [1.29, 1.82) is 0 Å². The number of aryl methyl sites for hydroxylation is 1. The van der Waals surface area contributed by atoms with Crippen molar-refractivity contribution in [2.24, 2.45) is 0 Å². The molecule has 0 saturated heterocycles. The van der Waals surface area contributed by atoms with E-state index in [0.29, 0.717) is 6.54 Å². The van der Waals surface area contributed by atoms with Crippen LogP contribution in [0, 0.1) is 6.92 Å². The monoisotopic (exact) mass is 275 g/mol. The van der Waals surface area contributed by atoms with Gasteiger partial charge in [-0.1, -0.05) is 54.1 Å². The molecule has 3 heteroatoms. The van der Waals surface area contributed by atoms with Crippen LogP contribution in [0.1, 0.15) is 41.6 Å². The summed E-state index contributed by atoms with van der Waals surface area (Å²) < 4.78 is 24.9. The minimum Gasteiger partial charge on any atom is -0.306 e. The molecule has 2 aromatic carbocycles. The third-order valence-corrected chi connectivity index (χ3v) is 3.42. The first-order valence-corrected chi connectivity index (χ1v) is 6.73. The molecule has 0 heterocycles. The van der Waals surface area contributed by atoms with Crippen LogP contribution in [0.25, 0.3) is 0 Å². The molecule has 1 unspecified atom stereocenters. The maximum atomic E-state index is 12.5. The fourth-order valence-corrected chi connectivity index (χ4v) is 2.02. The Hall–Kier alpha value is -1.74. The Morgan fingerprint density at radius 1 is 0.900 bits per heavy atom. The van der Waals surface area contributed by atoms with Gasteiger partial charge in [-0.05, 0) is 25.0 Å². The van der Waals surface area contributed by atoms with Crippen LogP contribution in [0.2, 0.25) is 0 Å². The topological polar surface area (TPSA) is 12.0 Å². The van der Waals surface area contributed by atoms with Gasteiger partial charge in [0, 0.05) is 18.2 Å². The first-order valence-electron chi connectivity index (χ1n) is 6.73. The first kappa shape index (κ1) is 14.7. The molecule has 1 N–H and O–H groups in total. The van der Waals surface area contributed by atoms with E-state index in [2.05, 4.69) is 43.4 Å². The Morgan fingerprint density at radius 2 is 1.45 bits per heavy atom. The molecular formula is C17H19F2N. The molecule has 0 radical (unpaired) electrons. The maximum Gasteiger partial charge on any atom is 0.263 e. The van der Waals surface area contributed by atoms with Gasteiger partial charge in [-0.25, -0.2) is 8.78 Å². The Balaban J connectivity index is 1.92. The lowest BCUT2D eigenvalue weighted by atomic mass is 10.1. The number of hydrogen-bond donors (Lipinski definition) is 1. The van der Waals surface area contributed by atoms with Crippen molar-refractivity contribution in [3.8, 4) is 0 Å². The Labute approximate surface area is 118 Å². The normalized spacial score (nSPS) is 12.7. The lowest BCUT2D eigenvalue weighted by Crippen LogP contribution is -2.18. The molecule has 20 heavy (non-hydrogen) atoms. The summed E-state index contributed by atoms with van der Waals surface area (Å²) in [6, 6.07) is 15.1. The highest BCUT2D eigenvalue weighted by Gasteiger charge is 2.07. The molecule has 0 saturated carbocycles. The van der Waals surface area contributed by atoms with Crippen LogP contribution in [0.4, 0.5) is 8.78 Å². The highest BCUT2D eigenvalue weighted by atomic mass is 19.3. The SMILES string of the molecule is Cc1ccc(C(C)NCc2ccc(C(F)F)cc2)cc1. The summed E-state index contributed by atoms with van der Waals surface area (Å²) in [6.45, 7) is 4.82. The van der Waals surface area contributed by atoms with Crippen molar-refractivity contribution in [3.63, 3.8) is 0 Å². The molecule has 0 fully saturated rings. The van der Waals surface area contributed by atoms with Crippen LogP contribution < -0.4 is 5.32 Å². The molecule has 2 rings (SSSR count). The van der Waals surface area contributed by atoms with Crippen molar-refractivity contribution < 1.29 is 8.78 Å². The molecule has 0 aliphatic heterocycles. The van der Waals surface area contributed by atoms with Gasteiger partial charge >= 0.3 is 0 Å². The molecule has 1 atom stereocenters. The molecule has 0 aromatic heterocycles. The van der Waals surface area contributed by atoms with E-state index < -0.39 is 6.43 Å². The van der Waals surface area contributed by atoms with Crippen LogP contribution >= 0.6 is 0 Å².